The SMILES string of the molecule is C=C(NOCC=Cc1ccccc1)C(=O)NCCC(=O)OCC. The van der Waals surface area contributed by atoms with Crippen molar-refractivity contribution in [2.24, 2.45) is 0 Å². The Morgan fingerprint density at radius 3 is 2.70 bits per heavy atom. The molecule has 0 atom stereocenters. The fraction of sp³-hybridized carbons (Fsp3) is 0.294. The highest BCUT2D eigenvalue weighted by atomic mass is 16.6. The lowest BCUT2D eigenvalue weighted by molar-refractivity contribution is -0.143. The van der Waals surface area contributed by atoms with Gasteiger partial charge in [0.05, 0.1) is 19.6 Å². The van der Waals surface area contributed by atoms with E-state index >= 15 is 0 Å². The Kier molecular flexibility index (Phi) is 8.85. The third-order valence-electron chi connectivity index (χ3n) is 2.68. The van der Waals surface area contributed by atoms with Crippen LogP contribution >= 0.6 is 0 Å². The van der Waals surface area contributed by atoms with Crippen molar-refractivity contribution < 1.29 is 19.2 Å². The Balaban J connectivity index is 2.14. The van der Waals surface area contributed by atoms with E-state index in [1.807, 2.05) is 42.5 Å². The molecule has 1 aromatic rings. The summed E-state index contributed by atoms with van der Waals surface area (Å²) in [5, 5.41) is 2.54. The number of ether oxygens (including phenoxy) is 1. The lowest BCUT2D eigenvalue weighted by Crippen LogP contribution is -2.32. The fourth-order valence-electron chi connectivity index (χ4n) is 1.59. The maximum absolute atomic E-state index is 11.6. The summed E-state index contributed by atoms with van der Waals surface area (Å²) < 4.78 is 4.75. The third kappa shape index (κ3) is 8.43. The lowest BCUT2D eigenvalue weighted by Gasteiger charge is -2.09. The normalized spacial score (nSPS) is 10.3. The summed E-state index contributed by atoms with van der Waals surface area (Å²) in [7, 11) is 0. The Labute approximate surface area is 136 Å². The molecule has 0 radical (unpaired) electrons. The van der Waals surface area contributed by atoms with Crippen molar-refractivity contribution >= 4 is 18.0 Å². The zero-order valence-electron chi connectivity index (χ0n) is 13.2. The smallest absolute Gasteiger partial charge is 0.307 e. The molecular formula is C17H22N2O4. The van der Waals surface area contributed by atoms with Gasteiger partial charge >= 0.3 is 5.97 Å². The number of carbonyl (C=O) groups is 2. The molecule has 23 heavy (non-hydrogen) atoms. The van der Waals surface area contributed by atoms with Gasteiger partial charge in [-0.3, -0.25) is 19.9 Å². The van der Waals surface area contributed by atoms with Crippen molar-refractivity contribution in [2.75, 3.05) is 19.8 Å². The molecule has 1 rings (SSSR count). The molecule has 0 bridgehead atoms. The summed E-state index contributed by atoms with van der Waals surface area (Å²) in [4.78, 5) is 27.9. The number of hydroxylamine groups is 1. The van der Waals surface area contributed by atoms with Crippen LogP contribution in [0.15, 0.2) is 48.7 Å². The number of benzene rings is 1. The largest absolute Gasteiger partial charge is 0.466 e. The second kappa shape index (κ2) is 11.0. The molecule has 0 heterocycles. The van der Waals surface area contributed by atoms with Gasteiger partial charge in [-0.2, -0.15) is 0 Å². The van der Waals surface area contributed by atoms with E-state index in [2.05, 4.69) is 17.4 Å². The monoisotopic (exact) mass is 318 g/mol. The number of hydrogen-bond acceptors (Lipinski definition) is 5. The minimum Gasteiger partial charge on any atom is -0.466 e. The summed E-state index contributed by atoms with van der Waals surface area (Å²) in [6.45, 7) is 6.08. The van der Waals surface area contributed by atoms with Crippen LogP contribution in [-0.4, -0.2) is 31.6 Å². The predicted molar refractivity (Wildman–Crippen MR) is 88.0 cm³/mol. The lowest BCUT2D eigenvalue weighted by atomic mass is 10.2. The van der Waals surface area contributed by atoms with Crippen LogP contribution in [0, 0.1) is 0 Å². The van der Waals surface area contributed by atoms with Crippen LogP contribution in [0.4, 0.5) is 0 Å². The molecule has 0 aromatic heterocycles. The highest BCUT2D eigenvalue weighted by Gasteiger charge is 2.07. The second-order valence-corrected chi connectivity index (χ2v) is 4.52. The first kappa shape index (κ1) is 18.4. The summed E-state index contributed by atoms with van der Waals surface area (Å²) in [6.07, 6.45) is 3.84. The molecule has 1 amide bonds. The quantitative estimate of drug-likeness (QED) is 0.298. The zero-order valence-corrected chi connectivity index (χ0v) is 13.2. The topological polar surface area (TPSA) is 76.7 Å². The molecule has 6 heteroatoms. The summed E-state index contributed by atoms with van der Waals surface area (Å²) in [6, 6.07) is 9.78. The third-order valence-corrected chi connectivity index (χ3v) is 2.68. The van der Waals surface area contributed by atoms with Crippen LogP contribution in [0.25, 0.3) is 6.08 Å². The van der Waals surface area contributed by atoms with Gasteiger partial charge in [-0.1, -0.05) is 49.1 Å². The molecule has 0 aliphatic rings. The van der Waals surface area contributed by atoms with Gasteiger partial charge in [-0.05, 0) is 12.5 Å². The molecule has 6 nitrogen and oxygen atoms in total. The highest BCUT2D eigenvalue weighted by Crippen LogP contribution is 2.00. The summed E-state index contributed by atoms with van der Waals surface area (Å²) >= 11 is 0. The number of nitrogens with one attached hydrogen (secondary N) is 2. The molecule has 0 unspecified atom stereocenters. The van der Waals surface area contributed by atoms with Gasteiger partial charge in [0.2, 0.25) is 0 Å². The van der Waals surface area contributed by atoms with Crippen LogP contribution in [0.2, 0.25) is 0 Å². The average molecular weight is 318 g/mol. The Bertz CT molecular complexity index is 541. The number of rotatable bonds is 10. The van der Waals surface area contributed by atoms with Gasteiger partial charge in [0.25, 0.3) is 5.91 Å². The van der Waals surface area contributed by atoms with Gasteiger partial charge < -0.3 is 10.1 Å². The van der Waals surface area contributed by atoms with E-state index in [4.69, 9.17) is 9.57 Å². The second-order valence-electron chi connectivity index (χ2n) is 4.52. The maximum Gasteiger partial charge on any atom is 0.307 e. The standard InChI is InChI=1S/C17H22N2O4/c1-3-22-16(20)11-12-18-17(21)14(2)19-23-13-7-10-15-8-5-4-6-9-15/h4-10,19H,2-3,11-13H2,1H3,(H,18,21). The van der Waals surface area contributed by atoms with E-state index in [9.17, 15) is 9.59 Å². The van der Waals surface area contributed by atoms with E-state index in [-0.39, 0.29) is 31.2 Å². The Hall–Kier alpha value is -2.60. The van der Waals surface area contributed by atoms with E-state index in [0.717, 1.165) is 5.56 Å². The molecule has 0 fully saturated rings. The molecule has 2 N–H and O–H groups in total. The van der Waals surface area contributed by atoms with E-state index in [0.29, 0.717) is 6.61 Å². The van der Waals surface area contributed by atoms with Crippen LogP contribution in [-0.2, 0) is 19.2 Å². The summed E-state index contributed by atoms with van der Waals surface area (Å²) in [5.74, 6) is -0.782. The first-order chi connectivity index (χ1) is 11.1. The molecule has 0 spiro atoms. The van der Waals surface area contributed by atoms with Gasteiger partial charge in [-0.25, -0.2) is 0 Å². The first-order valence-corrected chi connectivity index (χ1v) is 7.35. The van der Waals surface area contributed by atoms with Crippen molar-refractivity contribution in [2.45, 2.75) is 13.3 Å². The van der Waals surface area contributed by atoms with E-state index < -0.39 is 5.91 Å². The number of amides is 1. The van der Waals surface area contributed by atoms with Gasteiger partial charge in [-0.15, -0.1) is 0 Å². The number of hydrogen-bond donors (Lipinski definition) is 2. The molecular weight excluding hydrogens is 296 g/mol. The molecule has 0 aliphatic heterocycles. The minimum atomic E-state index is -0.429. The number of carbonyl (C=O) groups excluding carboxylic acids is 2. The van der Waals surface area contributed by atoms with Crippen LogP contribution < -0.4 is 10.8 Å². The van der Waals surface area contributed by atoms with Crippen LogP contribution in [0.1, 0.15) is 18.9 Å². The van der Waals surface area contributed by atoms with E-state index in [1.54, 1.807) is 6.92 Å². The fourth-order valence-corrected chi connectivity index (χ4v) is 1.59. The molecule has 0 aliphatic carbocycles. The summed E-state index contributed by atoms with van der Waals surface area (Å²) in [5.41, 5.74) is 3.59. The van der Waals surface area contributed by atoms with Gasteiger partial charge in [0.15, 0.2) is 0 Å². The van der Waals surface area contributed by atoms with Crippen molar-refractivity contribution in [1.29, 1.82) is 0 Å². The average Bonchev–Trinajstić information content (AvgIpc) is 2.55. The van der Waals surface area contributed by atoms with Gasteiger partial charge in [0.1, 0.15) is 5.70 Å². The van der Waals surface area contributed by atoms with E-state index in [1.165, 1.54) is 0 Å². The Morgan fingerprint density at radius 1 is 1.26 bits per heavy atom. The van der Waals surface area contributed by atoms with Crippen LogP contribution in [0.3, 0.4) is 0 Å². The van der Waals surface area contributed by atoms with Crippen molar-refractivity contribution in [1.82, 2.24) is 10.8 Å². The molecule has 1 aromatic carbocycles. The molecule has 0 saturated carbocycles. The predicted octanol–water partition coefficient (Wildman–Crippen LogP) is 1.80. The minimum absolute atomic E-state index is 0.0713. The van der Waals surface area contributed by atoms with Crippen LogP contribution in [0.5, 0.6) is 0 Å². The molecule has 0 saturated heterocycles. The highest BCUT2D eigenvalue weighted by molar-refractivity contribution is 5.92. The maximum atomic E-state index is 11.6. The van der Waals surface area contributed by atoms with Crippen molar-refractivity contribution in [3.63, 3.8) is 0 Å². The molecule has 124 valence electrons. The zero-order chi connectivity index (χ0) is 16.9. The van der Waals surface area contributed by atoms with Crippen molar-refractivity contribution in [3.05, 3.63) is 54.2 Å². The Morgan fingerprint density at radius 2 is 2.00 bits per heavy atom. The van der Waals surface area contributed by atoms with Gasteiger partial charge in [0, 0.05) is 6.54 Å². The number of esters is 1. The van der Waals surface area contributed by atoms with Crippen molar-refractivity contribution in [3.8, 4) is 0 Å². The first-order valence-electron chi connectivity index (χ1n) is 7.35.